The van der Waals surface area contributed by atoms with Crippen molar-refractivity contribution in [3.8, 4) is 11.8 Å². The van der Waals surface area contributed by atoms with Gasteiger partial charge in [0.25, 0.3) is 0 Å². The lowest BCUT2D eigenvalue weighted by Gasteiger charge is -2.22. The summed E-state index contributed by atoms with van der Waals surface area (Å²) in [5, 5.41) is 8.81. The van der Waals surface area contributed by atoms with Gasteiger partial charge < -0.3 is 9.64 Å². The van der Waals surface area contributed by atoms with Crippen LogP contribution in [-0.2, 0) is 9.84 Å². The highest BCUT2D eigenvalue weighted by Gasteiger charge is 2.30. The zero-order chi connectivity index (χ0) is 15.3. The van der Waals surface area contributed by atoms with Gasteiger partial charge in [0.2, 0.25) is 0 Å². The molecule has 0 aliphatic carbocycles. The zero-order valence-electron chi connectivity index (χ0n) is 12.2. The van der Waals surface area contributed by atoms with Gasteiger partial charge >= 0.3 is 0 Å². The minimum absolute atomic E-state index is 0.136. The molecule has 1 aliphatic heterocycles. The molecule has 1 aromatic rings. The summed E-state index contributed by atoms with van der Waals surface area (Å²) in [6.07, 6.45) is 1.55. The molecule has 1 heterocycles. The highest BCUT2D eigenvalue weighted by atomic mass is 32.2. The monoisotopic (exact) mass is 308 g/mol. The van der Waals surface area contributed by atoms with Crippen molar-refractivity contribution in [1.29, 1.82) is 5.26 Å². The molecule has 0 saturated carbocycles. The van der Waals surface area contributed by atoms with E-state index in [1.807, 2.05) is 13.1 Å². The molecule has 0 radical (unpaired) electrons. The predicted molar refractivity (Wildman–Crippen MR) is 81.0 cm³/mol. The van der Waals surface area contributed by atoms with E-state index in [-0.39, 0.29) is 11.8 Å². The highest BCUT2D eigenvalue weighted by molar-refractivity contribution is 7.91. The molecular formula is C15H20N2O3S. The summed E-state index contributed by atoms with van der Waals surface area (Å²) in [7, 11) is -0.865. The minimum atomic E-state index is -2.83. The quantitative estimate of drug-likeness (QED) is 0.744. The van der Waals surface area contributed by atoms with Gasteiger partial charge in [0, 0.05) is 12.6 Å². The van der Waals surface area contributed by atoms with E-state index in [1.165, 1.54) is 0 Å². The van der Waals surface area contributed by atoms with Gasteiger partial charge in [0.15, 0.2) is 9.84 Å². The molecule has 0 N–H and O–H groups in total. The Morgan fingerprint density at radius 1 is 1.48 bits per heavy atom. The molecule has 1 fully saturated rings. The number of ether oxygens (including phenoxy) is 1. The summed E-state index contributed by atoms with van der Waals surface area (Å²) >= 11 is 0. The number of hydrogen-bond donors (Lipinski definition) is 0. The van der Waals surface area contributed by atoms with E-state index in [4.69, 9.17) is 10.00 Å². The van der Waals surface area contributed by atoms with E-state index in [0.717, 1.165) is 19.4 Å². The van der Waals surface area contributed by atoms with Crippen molar-refractivity contribution >= 4 is 9.84 Å². The Morgan fingerprint density at radius 2 is 2.29 bits per heavy atom. The molecule has 1 unspecified atom stereocenters. The third kappa shape index (κ3) is 4.73. The summed E-state index contributed by atoms with van der Waals surface area (Å²) < 4.78 is 28.5. The number of hydrogen-bond acceptors (Lipinski definition) is 5. The van der Waals surface area contributed by atoms with Crippen molar-refractivity contribution < 1.29 is 13.2 Å². The first-order valence-electron chi connectivity index (χ1n) is 7.04. The van der Waals surface area contributed by atoms with Gasteiger partial charge in [-0.25, -0.2) is 8.42 Å². The Hall–Kier alpha value is -1.58. The molecule has 114 valence electrons. The lowest BCUT2D eigenvalue weighted by Crippen LogP contribution is -2.34. The third-order valence-electron chi connectivity index (χ3n) is 3.72. The number of nitriles is 1. The van der Waals surface area contributed by atoms with Crippen molar-refractivity contribution in [2.24, 2.45) is 0 Å². The number of sulfone groups is 1. The highest BCUT2D eigenvalue weighted by Crippen LogP contribution is 2.17. The first kappa shape index (κ1) is 15.8. The maximum Gasteiger partial charge on any atom is 0.151 e. The molecule has 0 spiro atoms. The van der Waals surface area contributed by atoms with Crippen LogP contribution < -0.4 is 4.74 Å². The first-order valence-corrected chi connectivity index (χ1v) is 8.86. The lowest BCUT2D eigenvalue weighted by atomic mass is 10.2. The Morgan fingerprint density at radius 3 is 2.95 bits per heavy atom. The fraction of sp³-hybridized carbons (Fsp3) is 0.533. The van der Waals surface area contributed by atoms with Crippen LogP contribution in [0.4, 0.5) is 0 Å². The van der Waals surface area contributed by atoms with E-state index >= 15 is 0 Å². The number of rotatable bonds is 6. The van der Waals surface area contributed by atoms with Crippen LogP contribution in [-0.4, -0.2) is 51.1 Å². The molecule has 21 heavy (non-hydrogen) atoms. The number of nitrogens with zero attached hydrogens (tertiary/aromatic N) is 2. The van der Waals surface area contributed by atoms with Crippen LogP contribution in [0.15, 0.2) is 24.3 Å². The van der Waals surface area contributed by atoms with Gasteiger partial charge in [-0.1, -0.05) is 6.07 Å². The summed E-state index contributed by atoms with van der Waals surface area (Å²) in [5.74, 6) is 1.27. The fourth-order valence-corrected chi connectivity index (χ4v) is 4.27. The van der Waals surface area contributed by atoms with Gasteiger partial charge in [0.1, 0.15) is 5.75 Å². The fourth-order valence-electron chi connectivity index (χ4n) is 2.46. The van der Waals surface area contributed by atoms with Crippen molar-refractivity contribution in [3.05, 3.63) is 29.8 Å². The molecule has 6 heteroatoms. The average Bonchev–Trinajstić information content (AvgIpc) is 2.84. The van der Waals surface area contributed by atoms with Gasteiger partial charge in [-0.3, -0.25) is 0 Å². The molecular weight excluding hydrogens is 288 g/mol. The standard InChI is InChI=1S/C15H20N2O3S/c1-17(14-6-9-21(18,19)12-14)7-3-8-20-15-5-2-4-13(10-15)11-16/h2,4-5,10,14H,3,6-9,12H2,1H3. The van der Waals surface area contributed by atoms with E-state index in [2.05, 4.69) is 11.0 Å². The van der Waals surface area contributed by atoms with E-state index in [1.54, 1.807) is 18.2 Å². The molecule has 0 amide bonds. The number of benzene rings is 1. The first-order chi connectivity index (χ1) is 10.00. The molecule has 1 saturated heterocycles. The van der Waals surface area contributed by atoms with E-state index in [9.17, 15) is 8.42 Å². The smallest absolute Gasteiger partial charge is 0.151 e. The van der Waals surface area contributed by atoms with Crippen LogP contribution in [0.5, 0.6) is 5.75 Å². The second-order valence-corrected chi connectivity index (χ2v) is 7.61. The van der Waals surface area contributed by atoms with Crippen molar-refractivity contribution in [2.75, 3.05) is 31.7 Å². The van der Waals surface area contributed by atoms with Crippen LogP contribution in [0.3, 0.4) is 0 Å². The molecule has 0 aromatic heterocycles. The molecule has 0 bridgehead atoms. The molecule has 1 atom stereocenters. The summed E-state index contributed by atoms with van der Waals surface area (Å²) in [4.78, 5) is 2.10. The third-order valence-corrected chi connectivity index (χ3v) is 5.47. The van der Waals surface area contributed by atoms with Crippen LogP contribution in [0.1, 0.15) is 18.4 Å². The minimum Gasteiger partial charge on any atom is -0.494 e. The summed E-state index contributed by atoms with van der Waals surface area (Å²) in [5.41, 5.74) is 0.584. The summed E-state index contributed by atoms with van der Waals surface area (Å²) in [6.45, 7) is 1.36. The molecule has 1 aliphatic rings. The Labute approximate surface area is 126 Å². The predicted octanol–water partition coefficient (Wildman–Crippen LogP) is 1.45. The lowest BCUT2D eigenvalue weighted by molar-refractivity contribution is 0.227. The maximum absolute atomic E-state index is 11.4. The molecule has 2 rings (SSSR count). The van der Waals surface area contributed by atoms with Gasteiger partial charge in [-0.15, -0.1) is 0 Å². The average molecular weight is 308 g/mol. The van der Waals surface area contributed by atoms with Crippen molar-refractivity contribution in [2.45, 2.75) is 18.9 Å². The van der Waals surface area contributed by atoms with E-state index in [0.29, 0.717) is 23.7 Å². The Bertz CT molecular complexity index is 622. The Kier molecular flexibility index (Phi) is 5.21. The van der Waals surface area contributed by atoms with Crippen LogP contribution in [0.2, 0.25) is 0 Å². The second kappa shape index (κ2) is 6.92. The van der Waals surface area contributed by atoms with Gasteiger partial charge in [-0.05, 0) is 38.1 Å². The normalized spacial score (nSPS) is 20.3. The molecule has 1 aromatic carbocycles. The topological polar surface area (TPSA) is 70.4 Å². The SMILES string of the molecule is CN(CCCOc1cccc(C#N)c1)C1CCS(=O)(=O)C1. The van der Waals surface area contributed by atoms with Crippen LogP contribution >= 0.6 is 0 Å². The van der Waals surface area contributed by atoms with E-state index < -0.39 is 9.84 Å². The van der Waals surface area contributed by atoms with Crippen LogP contribution in [0, 0.1) is 11.3 Å². The van der Waals surface area contributed by atoms with Gasteiger partial charge in [0.05, 0.1) is 29.7 Å². The Balaban J connectivity index is 1.71. The largest absolute Gasteiger partial charge is 0.494 e. The van der Waals surface area contributed by atoms with Crippen LogP contribution in [0.25, 0.3) is 0 Å². The molecule has 5 nitrogen and oxygen atoms in total. The van der Waals surface area contributed by atoms with Crippen molar-refractivity contribution in [1.82, 2.24) is 4.90 Å². The van der Waals surface area contributed by atoms with Crippen molar-refractivity contribution in [3.63, 3.8) is 0 Å². The second-order valence-electron chi connectivity index (χ2n) is 5.38. The van der Waals surface area contributed by atoms with Gasteiger partial charge in [-0.2, -0.15) is 5.26 Å². The maximum atomic E-state index is 11.4. The zero-order valence-corrected chi connectivity index (χ0v) is 13.0. The summed E-state index contributed by atoms with van der Waals surface area (Å²) in [6, 6.07) is 9.29.